The van der Waals surface area contributed by atoms with E-state index in [1.807, 2.05) is 12.1 Å². The van der Waals surface area contributed by atoms with E-state index in [4.69, 9.17) is 10.7 Å². The standard InChI is InChI=1S/C16H20BrN3/c1-16(2,3)20-14(18)13(19-15(20)10-7-8-10)11-5-4-6-12(17)9-11/h4-6,9-10H,7-8,18H2,1-3H3. The maximum Gasteiger partial charge on any atom is 0.132 e. The van der Waals surface area contributed by atoms with E-state index in [1.165, 1.54) is 12.8 Å². The molecule has 1 aliphatic carbocycles. The van der Waals surface area contributed by atoms with E-state index in [9.17, 15) is 0 Å². The van der Waals surface area contributed by atoms with Crippen LogP contribution >= 0.6 is 15.9 Å². The monoisotopic (exact) mass is 333 g/mol. The van der Waals surface area contributed by atoms with E-state index >= 15 is 0 Å². The highest BCUT2D eigenvalue weighted by Crippen LogP contribution is 2.44. The molecule has 0 aliphatic heterocycles. The fraction of sp³-hybridized carbons (Fsp3) is 0.438. The molecule has 0 spiro atoms. The molecule has 2 N–H and O–H groups in total. The third kappa shape index (κ3) is 2.37. The van der Waals surface area contributed by atoms with Gasteiger partial charge in [-0.05, 0) is 45.7 Å². The van der Waals surface area contributed by atoms with Crippen molar-refractivity contribution in [1.82, 2.24) is 9.55 Å². The molecule has 20 heavy (non-hydrogen) atoms. The molecule has 1 aromatic carbocycles. The molecule has 0 bridgehead atoms. The van der Waals surface area contributed by atoms with Crippen molar-refractivity contribution in [2.75, 3.05) is 5.73 Å². The zero-order valence-corrected chi connectivity index (χ0v) is 13.7. The molecule has 3 nitrogen and oxygen atoms in total. The van der Waals surface area contributed by atoms with E-state index in [1.54, 1.807) is 0 Å². The Morgan fingerprint density at radius 3 is 2.55 bits per heavy atom. The highest BCUT2D eigenvalue weighted by atomic mass is 79.9. The summed E-state index contributed by atoms with van der Waals surface area (Å²) in [4.78, 5) is 4.87. The Morgan fingerprint density at radius 1 is 1.30 bits per heavy atom. The predicted octanol–water partition coefficient (Wildman–Crippen LogP) is 4.53. The smallest absolute Gasteiger partial charge is 0.132 e. The van der Waals surface area contributed by atoms with Gasteiger partial charge in [-0.15, -0.1) is 0 Å². The van der Waals surface area contributed by atoms with Crippen LogP contribution in [0.25, 0.3) is 11.3 Å². The van der Waals surface area contributed by atoms with Crippen molar-refractivity contribution in [2.24, 2.45) is 0 Å². The predicted molar refractivity (Wildman–Crippen MR) is 86.7 cm³/mol. The number of hydrogen-bond donors (Lipinski definition) is 1. The number of nitrogens with zero attached hydrogens (tertiary/aromatic N) is 2. The number of hydrogen-bond acceptors (Lipinski definition) is 2. The van der Waals surface area contributed by atoms with Gasteiger partial charge in [-0.25, -0.2) is 4.98 Å². The quantitative estimate of drug-likeness (QED) is 0.877. The largest absolute Gasteiger partial charge is 0.383 e. The van der Waals surface area contributed by atoms with Crippen molar-refractivity contribution in [1.29, 1.82) is 0 Å². The first-order valence-corrected chi connectivity index (χ1v) is 7.82. The summed E-state index contributed by atoms with van der Waals surface area (Å²) in [6.45, 7) is 6.55. The number of halogens is 1. The molecule has 0 unspecified atom stereocenters. The molecule has 1 aliphatic rings. The summed E-state index contributed by atoms with van der Waals surface area (Å²) in [6, 6.07) is 8.17. The van der Waals surface area contributed by atoms with Gasteiger partial charge in [-0.3, -0.25) is 0 Å². The first kappa shape index (κ1) is 13.7. The van der Waals surface area contributed by atoms with Gasteiger partial charge in [0, 0.05) is 21.5 Å². The Hall–Kier alpha value is -1.29. The minimum Gasteiger partial charge on any atom is -0.383 e. The molecule has 1 aromatic heterocycles. The summed E-state index contributed by atoms with van der Waals surface area (Å²) in [5.41, 5.74) is 8.36. The van der Waals surface area contributed by atoms with Crippen molar-refractivity contribution >= 4 is 21.7 Å². The highest BCUT2D eigenvalue weighted by Gasteiger charge is 2.34. The van der Waals surface area contributed by atoms with Crippen LogP contribution in [-0.2, 0) is 5.54 Å². The van der Waals surface area contributed by atoms with Crippen LogP contribution in [-0.4, -0.2) is 9.55 Å². The third-order valence-corrected chi connectivity index (χ3v) is 4.14. The lowest BCUT2D eigenvalue weighted by atomic mass is 10.1. The van der Waals surface area contributed by atoms with Crippen LogP contribution in [0.3, 0.4) is 0 Å². The molecule has 0 saturated heterocycles. The van der Waals surface area contributed by atoms with Crippen LogP contribution in [0.15, 0.2) is 28.7 Å². The Balaban J connectivity index is 2.18. The van der Waals surface area contributed by atoms with Crippen LogP contribution in [0.1, 0.15) is 45.4 Å². The average Bonchev–Trinajstić information content (AvgIpc) is 3.11. The summed E-state index contributed by atoms with van der Waals surface area (Å²) in [7, 11) is 0. The molecule has 106 valence electrons. The minimum atomic E-state index is -0.0424. The van der Waals surface area contributed by atoms with Crippen LogP contribution in [0.4, 0.5) is 5.82 Å². The van der Waals surface area contributed by atoms with Crippen molar-refractivity contribution in [2.45, 2.75) is 45.1 Å². The average molecular weight is 334 g/mol. The summed E-state index contributed by atoms with van der Waals surface area (Å²) < 4.78 is 3.26. The number of benzene rings is 1. The van der Waals surface area contributed by atoms with Crippen LogP contribution in [0.5, 0.6) is 0 Å². The Morgan fingerprint density at radius 2 is 2.00 bits per heavy atom. The first-order chi connectivity index (χ1) is 9.38. The van der Waals surface area contributed by atoms with Gasteiger partial charge in [0.25, 0.3) is 0 Å². The van der Waals surface area contributed by atoms with Gasteiger partial charge in [0.2, 0.25) is 0 Å². The highest BCUT2D eigenvalue weighted by molar-refractivity contribution is 9.10. The normalized spacial score (nSPS) is 15.6. The molecular weight excluding hydrogens is 314 g/mol. The van der Waals surface area contributed by atoms with E-state index < -0.39 is 0 Å². The molecule has 0 amide bonds. The summed E-state index contributed by atoms with van der Waals surface area (Å²) in [6.07, 6.45) is 2.45. The van der Waals surface area contributed by atoms with Gasteiger partial charge >= 0.3 is 0 Å². The number of aromatic nitrogens is 2. The molecular formula is C16H20BrN3. The molecule has 1 fully saturated rings. The number of anilines is 1. The Kier molecular flexibility index (Phi) is 3.16. The van der Waals surface area contributed by atoms with Crippen LogP contribution in [0.2, 0.25) is 0 Å². The van der Waals surface area contributed by atoms with Gasteiger partial charge in [-0.2, -0.15) is 0 Å². The van der Waals surface area contributed by atoms with Crippen molar-refractivity contribution in [3.63, 3.8) is 0 Å². The number of rotatable bonds is 2. The second-order valence-corrected chi connectivity index (χ2v) is 7.41. The third-order valence-electron chi connectivity index (χ3n) is 3.65. The van der Waals surface area contributed by atoms with Gasteiger partial charge < -0.3 is 10.3 Å². The molecule has 4 heteroatoms. The lowest BCUT2D eigenvalue weighted by Crippen LogP contribution is -2.25. The SMILES string of the molecule is CC(C)(C)n1c(C2CC2)nc(-c2cccc(Br)c2)c1N. The second-order valence-electron chi connectivity index (χ2n) is 6.49. The summed E-state index contributed by atoms with van der Waals surface area (Å²) in [5, 5.41) is 0. The van der Waals surface area contributed by atoms with Crippen molar-refractivity contribution in [3.05, 3.63) is 34.6 Å². The van der Waals surface area contributed by atoms with Gasteiger partial charge in [0.05, 0.1) is 0 Å². The summed E-state index contributed by atoms with van der Waals surface area (Å²) >= 11 is 3.51. The fourth-order valence-corrected chi connectivity index (χ4v) is 3.02. The summed E-state index contributed by atoms with van der Waals surface area (Å²) in [5.74, 6) is 2.50. The molecule has 0 atom stereocenters. The fourth-order valence-electron chi connectivity index (χ4n) is 2.62. The topological polar surface area (TPSA) is 43.8 Å². The molecule has 2 aromatic rings. The number of nitrogens with two attached hydrogens (primary N) is 1. The molecule has 0 radical (unpaired) electrons. The lowest BCUT2D eigenvalue weighted by Gasteiger charge is -2.25. The number of imidazole rings is 1. The molecule has 1 saturated carbocycles. The van der Waals surface area contributed by atoms with Gasteiger partial charge in [0.15, 0.2) is 0 Å². The van der Waals surface area contributed by atoms with E-state index in [-0.39, 0.29) is 5.54 Å². The van der Waals surface area contributed by atoms with E-state index in [0.717, 1.165) is 27.4 Å². The Labute approximate surface area is 128 Å². The maximum atomic E-state index is 6.42. The number of nitrogen functional groups attached to an aromatic ring is 1. The minimum absolute atomic E-state index is 0.0424. The van der Waals surface area contributed by atoms with Crippen molar-refractivity contribution in [3.8, 4) is 11.3 Å². The van der Waals surface area contributed by atoms with Crippen LogP contribution < -0.4 is 5.73 Å². The molecule has 3 rings (SSSR count). The van der Waals surface area contributed by atoms with Gasteiger partial charge in [0.1, 0.15) is 17.3 Å². The second kappa shape index (κ2) is 4.62. The van der Waals surface area contributed by atoms with E-state index in [2.05, 4.69) is 53.4 Å². The molecule has 1 heterocycles. The van der Waals surface area contributed by atoms with E-state index in [0.29, 0.717) is 5.92 Å². The van der Waals surface area contributed by atoms with Crippen molar-refractivity contribution < 1.29 is 0 Å². The first-order valence-electron chi connectivity index (χ1n) is 7.02. The Bertz CT molecular complexity index is 648. The van der Waals surface area contributed by atoms with Gasteiger partial charge in [-0.1, -0.05) is 28.1 Å². The van der Waals surface area contributed by atoms with Crippen LogP contribution in [0, 0.1) is 0 Å². The zero-order valence-electron chi connectivity index (χ0n) is 12.2. The lowest BCUT2D eigenvalue weighted by molar-refractivity contribution is 0.388. The zero-order chi connectivity index (χ0) is 14.5. The maximum absolute atomic E-state index is 6.42.